The summed E-state index contributed by atoms with van der Waals surface area (Å²) in [5.41, 5.74) is 0. The molecule has 2 aliphatic rings. The lowest BCUT2D eigenvalue weighted by Crippen LogP contribution is -2.51. The molecule has 1 aliphatic heterocycles. The molecule has 0 aromatic heterocycles. The predicted octanol–water partition coefficient (Wildman–Crippen LogP) is 4.44. The lowest BCUT2D eigenvalue weighted by atomic mass is 9.80. The summed E-state index contributed by atoms with van der Waals surface area (Å²) >= 11 is 0. The summed E-state index contributed by atoms with van der Waals surface area (Å²) < 4.78 is 0. The standard InChI is InChI=1S/C19H38N2/c1-15(2)12-17-8-7-10-19(13-17)21(16(3)4)14-18-9-5-6-11-20-18/h15-20H,5-14H2,1-4H3. The van der Waals surface area contributed by atoms with E-state index in [-0.39, 0.29) is 0 Å². The van der Waals surface area contributed by atoms with E-state index in [1.54, 1.807) is 0 Å². The van der Waals surface area contributed by atoms with Gasteiger partial charge in [-0.1, -0.05) is 33.1 Å². The molecule has 124 valence electrons. The van der Waals surface area contributed by atoms with Gasteiger partial charge in [0.2, 0.25) is 0 Å². The van der Waals surface area contributed by atoms with E-state index in [1.807, 2.05) is 0 Å². The Morgan fingerprint density at radius 3 is 2.43 bits per heavy atom. The fourth-order valence-corrected chi connectivity index (χ4v) is 4.56. The maximum Gasteiger partial charge on any atom is 0.0195 e. The van der Waals surface area contributed by atoms with Crippen LogP contribution in [-0.4, -0.2) is 36.1 Å². The number of nitrogens with zero attached hydrogens (tertiary/aromatic N) is 1. The summed E-state index contributed by atoms with van der Waals surface area (Å²) in [6.45, 7) is 12.1. The third-order valence-corrected chi connectivity index (χ3v) is 5.54. The third-order valence-electron chi connectivity index (χ3n) is 5.54. The van der Waals surface area contributed by atoms with Gasteiger partial charge < -0.3 is 5.32 Å². The smallest absolute Gasteiger partial charge is 0.0195 e. The Labute approximate surface area is 133 Å². The molecule has 1 saturated heterocycles. The van der Waals surface area contributed by atoms with Crippen LogP contribution >= 0.6 is 0 Å². The minimum absolute atomic E-state index is 0.691. The highest BCUT2D eigenvalue weighted by Crippen LogP contribution is 2.33. The molecule has 2 fully saturated rings. The summed E-state index contributed by atoms with van der Waals surface area (Å²) in [6, 6.07) is 2.27. The van der Waals surface area contributed by atoms with Crippen molar-refractivity contribution in [3.63, 3.8) is 0 Å². The quantitative estimate of drug-likeness (QED) is 0.779. The molecule has 2 rings (SSSR count). The second kappa shape index (κ2) is 8.53. The van der Waals surface area contributed by atoms with Crippen LogP contribution in [0.15, 0.2) is 0 Å². The number of piperidine rings is 1. The van der Waals surface area contributed by atoms with Gasteiger partial charge in [0.25, 0.3) is 0 Å². The zero-order valence-corrected chi connectivity index (χ0v) is 14.9. The van der Waals surface area contributed by atoms with E-state index in [9.17, 15) is 0 Å². The Bertz CT molecular complexity index is 281. The van der Waals surface area contributed by atoms with Gasteiger partial charge >= 0.3 is 0 Å². The van der Waals surface area contributed by atoms with E-state index < -0.39 is 0 Å². The van der Waals surface area contributed by atoms with Crippen LogP contribution in [0.1, 0.15) is 79.1 Å². The minimum atomic E-state index is 0.691. The van der Waals surface area contributed by atoms with Crippen LogP contribution in [0.5, 0.6) is 0 Å². The van der Waals surface area contributed by atoms with Gasteiger partial charge in [-0.15, -0.1) is 0 Å². The topological polar surface area (TPSA) is 15.3 Å². The molecule has 21 heavy (non-hydrogen) atoms. The van der Waals surface area contributed by atoms with Crippen LogP contribution in [0.2, 0.25) is 0 Å². The van der Waals surface area contributed by atoms with E-state index in [0.717, 1.165) is 23.9 Å². The summed E-state index contributed by atoms with van der Waals surface area (Å²) in [5, 5.41) is 3.75. The molecule has 0 radical (unpaired) electrons. The molecule has 2 heteroatoms. The van der Waals surface area contributed by atoms with E-state index in [1.165, 1.54) is 64.5 Å². The van der Waals surface area contributed by atoms with E-state index >= 15 is 0 Å². The molecular weight excluding hydrogens is 256 g/mol. The van der Waals surface area contributed by atoms with Crippen molar-refractivity contribution < 1.29 is 0 Å². The minimum Gasteiger partial charge on any atom is -0.313 e. The van der Waals surface area contributed by atoms with Crippen molar-refractivity contribution in [2.75, 3.05) is 13.1 Å². The SMILES string of the molecule is CC(C)CC1CCCC(N(CC2CCCCN2)C(C)C)C1. The molecule has 3 unspecified atom stereocenters. The van der Waals surface area contributed by atoms with Crippen LogP contribution in [0.4, 0.5) is 0 Å². The van der Waals surface area contributed by atoms with Crippen molar-refractivity contribution in [2.24, 2.45) is 11.8 Å². The predicted molar refractivity (Wildman–Crippen MR) is 92.7 cm³/mol. The van der Waals surface area contributed by atoms with Crippen molar-refractivity contribution in [1.82, 2.24) is 10.2 Å². The maximum absolute atomic E-state index is 3.75. The van der Waals surface area contributed by atoms with Crippen LogP contribution in [0.3, 0.4) is 0 Å². The van der Waals surface area contributed by atoms with Gasteiger partial charge in [0.15, 0.2) is 0 Å². The highest BCUT2D eigenvalue weighted by atomic mass is 15.2. The zero-order valence-electron chi connectivity index (χ0n) is 14.9. The van der Waals surface area contributed by atoms with Crippen molar-refractivity contribution in [2.45, 2.75) is 97.2 Å². The van der Waals surface area contributed by atoms with Crippen LogP contribution in [0, 0.1) is 11.8 Å². The fourth-order valence-electron chi connectivity index (χ4n) is 4.56. The summed E-state index contributed by atoms with van der Waals surface area (Å²) in [5.74, 6) is 1.84. The molecule has 1 heterocycles. The number of hydrogen-bond acceptors (Lipinski definition) is 2. The third kappa shape index (κ3) is 5.56. The van der Waals surface area contributed by atoms with Crippen molar-refractivity contribution in [3.8, 4) is 0 Å². The molecule has 0 bridgehead atoms. The van der Waals surface area contributed by atoms with Crippen LogP contribution in [0.25, 0.3) is 0 Å². The number of nitrogens with one attached hydrogen (secondary N) is 1. The summed E-state index contributed by atoms with van der Waals surface area (Å²) in [6.07, 6.45) is 11.4. The molecule has 2 nitrogen and oxygen atoms in total. The number of rotatable bonds is 6. The highest BCUT2D eigenvalue weighted by molar-refractivity contribution is 4.86. The Morgan fingerprint density at radius 2 is 1.81 bits per heavy atom. The second-order valence-electron chi connectivity index (χ2n) is 8.25. The van der Waals surface area contributed by atoms with E-state index in [0.29, 0.717) is 6.04 Å². The summed E-state index contributed by atoms with van der Waals surface area (Å²) in [7, 11) is 0. The molecule has 1 N–H and O–H groups in total. The Balaban J connectivity index is 1.90. The van der Waals surface area contributed by atoms with Gasteiger partial charge in [-0.05, 0) is 64.3 Å². The molecule has 0 aromatic carbocycles. The van der Waals surface area contributed by atoms with Crippen molar-refractivity contribution in [3.05, 3.63) is 0 Å². The lowest BCUT2D eigenvalue weighted by Gasteiger charge is -2.42. The zero-order chi connectivity index (χ0) is 15.2. The Hall–Kier alpha value is -0.0800. The van der Waals surface area contributed by atoms with Crippen LogP contribution < -0.4 is 5.32 Å². The average Bonchev–Trinajstić information content (AvgIpc) is 2.45. The monoisotopic (exact) mass is 294 g/mol. The van der Waals surface area contributed by atoms with Gasteiger partial charge in [-0.3, -0.25) is 4.90 Å². The first kappa shape index (κ1) is 17.3. The largest absolute Gasteiger partial charge is 0.313 e. The first-order valence-corrected chi connectivity index (χ1v) is 9.55. The Kier molecular flexibility index (Phi) is 7.01. The van der Waals surface area contributed by atoms with E-state index in [4.69, 9.17) is 0 Å². The molecule has 0 aromatic rings. The lowest BCUT2D eigenvalue weighted by molar-refractivity contribution is 0.0797. The van der Waals surface area contributed by atoms with Gasteiger partial charge in [-0.2, -0.15) is 0 Å². The van der Waals surface area contributed by atoms with Gasteiger partial charge in [0.1, 0.15) is 0 Å². The first-order valence-electron chi connectivity index (χ1n) is 9.55. The Morgan fingerprint density at radius 1 is 1.00 bits per heavy atom. The van der Waals surface area contributed by atoms with Gasteiger partial charge in [-0.25, -0.2) is 0 Å². The van der Waals surface area contributed by atoms with Gasteiger partial charge in [0.05, 0.1) is 0 Å². The second-order valence-corrected chi connectivity index (χ2v) is 8.25. The molecule has 0 spiro atoms. The molecule has 1 aliphatic carbocycles. The normalized spacial score (nSPS) is 31.3. The highest BCUT2D eigenvalue weighted by Gasteiger charge is 2.30. The average molecular weight is 295 g/mol. The van der Waals surface area contributed by atoms with E-state index in [2.05, 4.69) is 37.9 Å². The summed E-state index contributed by atoms with van der Waals surface area (Å²) in [4.78, 5) is 2.83. The molecular formula is C19H38N2. The molecule has 0 amide bonds. The fraction of sp³-hybridized carbons (Fsp3) is 1.00. The van der Waals surface area contributed by atoms with Crippen LogP contribution in [-0.2, 0) is 0 Å². The maximum atomic E-state index is 3.75. The van der Waals surface area contributed by atoms with Gasteiger partial charge in [0, 0.05) is 24.7 Å². The molecule has 1 saturated carbocycles. The number of hydrogen-bond donors (Lipinski definition) is 1. The van der Waals surface area contributed by atoms with Crippen molar-refractivity contribution in [1.29, 1.82) is 0 Å². The van der Waals surface area contributed by atoms with Crippen molar-refractivity contribution >= 4 is 0 Å². The first-order chi connectivity index (χ1) is 10.1. The molecule has 3 atom stereocenters.